The number of rotatable bonds is 6. The topological polar surface area (TPSA) is 130 Å². The number of benzene rings is 2. The molecule has 33 heavy (non-hydrogen) atoms. The number of H-pyrrole nitrogens is 1. The number of aryl methyl sites for hydroxylation is 1. The molecule has 0 unspecified atom stereocenters. The average molecular weight is 460 g/mol. The third-order valence-corrected chi connectivity index (χ3v) is 5.36. The van der Waals surface area contributed by atoms with Crippen LogP contribution in [0.3, 0.4) is 0 Å². The number of fused-ring (bicyclic) bond motifs is 1. The van der Waals surface area contributed by atoms with E-state index >= 15 is 0 Å². The van der Waals surface area contributed by atoms with Gasteiger partial charge < -0.3 is 35.5 Å². The molecule has 2 atom stereocenters. The number of hydrogen-bond acceptors (Lipinski definition) is 6. The largest absolute Gasteiger partial charge is 0.432 e. The van der Waals surface area contributed by atoms with E-state index in [-0.39, 0.29) is 24.6 Å². The number of aromatic amines is 1. The van der Waals surface area contributed by atoms with E-state index in [1.54, 1.807) is 43.5 Å². The van der Waals surface area contributed by atoms with E-state index in [0.29, 0.717) is 17.1 Å². The number of carbonyl (C=O) groups excluding carboxylic acids is 2. The summed E-state index contributed by atoms with van der Waals surface area (Å²) in [5, 5.41) is 14.6. The number of nitrogens with zero attached hydrogens (tertiary/aromatic N) is 1. The van der Waals surface area contributed by atoms with Crippen LogP contribution in [0.4, 0.5) is 26.0 Å². The maximum Gasteiger partial charge on any atom is 0.387 e. The van der Waals surface area contributed by atoms with Crippen molar-refractivity contribution in [1.29, 1.82) is 0 Å². The smallest absolute Gasteiger partial charge is 0.387 e. The van der Waals surface area contributed by atoms with E-state index in [9.17, 15) is 23.5 Å². The van der Waals surface area contributed by atoms with Crippen LogP contribution in [-0.4, -0.2) is 53.9 Å². The van der Waals surface area contributed by atoms with Crippen molar-refractivity contribution in [1.82, 2.24) is 4.98 Å². The molecule has 5 N–H and O–H groups in total. The van der Waals surface area contributed by atoms with Gasteiger partial charge in [0.2, 0.25) is 0 Å². The highest BCUT2D eigenvalue weighted by Gasteiger charge is 2.40. The van der Waals surface area contributed by atoms with Crippen LogP contribution in [0.25, 0.3) is 10.8 Å². The highest BCUT2D eigenvalue weighted by molar-refractivity contribution is 6.05. The molecule has 2 heterocycles. The number of ether oxygens (including phenoxy) is 2. The Morgan fingerprint density at radius 1 is 1.36 bits per heavy atom. The minimum Gasteiger partial charge on any atom is -0.432 e. The van der Waals surface area contributed by atoms with E-state index in [4.69, 9.17) is 10.5 Å². The number of aromatic nitrogens is 1. The molecular formula is C22H22F2N4O5. The van der Waals surface area contributed by atoms with Gasteiger partial charge in [-0.25, -0.2) is 0 Å². The summed E-state index contributed by atoms with van der Waals surface area (Å²) in [5.74, 6) is -1.27. The molecule has 3 aromatic rings. The third-order valence-electron chi connectivity index (χ3n) is 5.36. The Morgan fingerprint density at radius 3 is 2.91 bits per heavy atom. The molecule has 0 bridgehead atoms. The van der Waals surface area contributed by atoms with E-state index in [0.717, 1.165) is 10.8 Å². The lowest BCUT2D eigenvalue weighted by molar-refractivity contribution is -0.150. The zero-order valence-electron chi connectivity index (χ0n) is 17.5. The monoisotopic (exact) mass is 460 g/mol. The van der Waals surface area contributed by atoms with Gasteiger partial charge >= 0.3 is 6.61 Å². The summed E-state index contributed by atoms with van der Waals surface area (Å²) in [5.41, 5.74) is 6.70. The van der Waals surface area contributed by atoms with Gasteiger partial charge in [0.25, 0.3) is 11.8 Å². The predicted octanol–water partition coefficient (Wildman–Crippen LogP) is 2.39. The van der Waals surface area contributed by atoms with Crippen LogP contribution < -0.4 is 20.7 Å². The first-order chi connectivity index (χ1) is 15.8. The number of amides is 2. The lowest BCUT2D eigenvalue weighted by atomic mass is 10.1. The molecule has 4 rings (SSSR count). The van der Waals surface area contributed by atoms with Crippen molar-refractivity contribution in [3.05, 3.63) is 48.2 Å². The predicted molar refractivity (Wildman–Crippen MR) is 117 cm³/mol. The molecule has 2 amide bonds. The molecule has 0 aliphatic carbocycles. The minimum absolute atomic E-state index is 0.0165. The number of morpholine rings is 1. The summed E-state index contributed by atoms with van der Waals surface area (Å²) in [6.45, 7) is -1.49. The molecule has 1 saturated heterocycles. The SMILES string of the molecule is Cc1cccc(N2CCO[C@H]([C@@H](O)C(=O)Nc3ccc4c(N)[nH]cc4c3)C2=O)c1OC(F)F. The number of nitrogen functional groups attached to an aromatic ring is 1. The fraction of sp³-hybridized carbons (Fsp3) is 0.273. The second-order valence-corrected chi connectivity index (χ2v) is 7.52. The van der Waals surface area contributed by atoms with E-state index < -0.39 is 30.6 Å². The summed E-state index contributed by atoms with van der Waals surface area (Å²) in [6.07, 6.45) is -1.69. The lowest BCUT2D eigenvalue weighted by Crippen LogP contribution is -2.55. The van der Waals surface area contributed by atoms with Crippen molar-refractivity contribution in [2.45, 2.75) is 25.7 Å². The number of anilines is 3. The first kappa shape index (κ1) is 22.5. The molecular weight excluding hydrogens is 438 g/mol. The number of nitrogens with one attached hydrogen (secondary N) is 2. The third kappa shape index (κ3) is 4.45. The zero-order chi connectivity index (χ0) is 23.7. The minimum atomic E-state index is -3.08. The summed E-state index contributed by atoms with van der Waals surface area (Å²) >= 11 is 0. The zero-order valence-corrected chi connectivity index (χ0v) is 17.5. The Balaban J connectivity index is 1.52. The van der Waals surface area contributed by atoms with Gasteiger partial charge in [-0.15, -0.1) is 0 Å². The Bertz CT molecular complexity index is 1200. The molecule has 9 nitrogen and oxygen atoms in total. The molecule has 1 aliphatic rings. The first-order valence-corrected chi connectivity index (χ1v) is 10.1. The van der Waals surface area contributed by atoms with Crippen LogP contribution in [0.2, 0.25) is 0 Å². The molecule has 11 heteroatoms. The van der Waals surface area contributed by atoms with Crippen molar-refractivity contribution < 1.29 is 33.0 Å². The van der Waals surface area contributed by atoms with Gasteiger partial charge in [-0.1, -0.05) is 12.1 Å². The second kappa shape index (κ2) is 9.04. The molecule has 0 spiro atoms. The van der Waals surface area contributed by atoms with Crippen LogP contribution in [0.15, 0.2) is 42.6 Å². The average Bonchev–Trinajstić information content (AvgIpc) is 3.15. The summed E-state index contributed by atoms with van der Waals surface area (Å²) in [4.78, 5) is 29.7. The van der Waals surface area contributed by atoms with Gasteiger partial charge in [0, 0.05) is 29.2 Å². The fourth-order valence-electron chi connectivity index (χ4n) is 3.76. The molecule has 174 valence electrons. The lowest BCUT2D eigenvalue weighted by Gasteiger charge is -2.35. The Labute approximate surface area is 187 Å². The summed E-state index contributed by atoms with van der Waals surface area (Å²) < 4.78 is 35.8. The molecule has 1 aromatic heterocycles. The van der Waals surface area contributed by atoms with Crippen LogP contribution in [0, 0.1) is 6.92 Å². The van der Waals surface area contributed by atoms with Crippen LogP contribution in [0.5, 0.6) is 5.75 Å². The van der Waals surface area contributed by atoms with Crippen LogP contribution >= 0.6 is 0 Å². The maximum atomic E-state index is 13.1. The number of aliphatic hydroxyl groups excluding tert-OH is 1. The Hall–Kier alpha value is -3.70. The summed E-state index contributed by atoms with van der Waals surface area (Å²) in [6, 6.07) is 9.58. The molecule has 1 aliphatic heterocycles. The highest BCUT2D eigenvalue weighted by atomic mass is 19.3. The molecule has 1 fully saturated rings. The number of carbonyl (C=O) groups is 2. The van der Waals surface area contributed by atoms with Crippen molar-refractivity contribution in [3.63, 3.8) is 0 Å². The Morgan fingerprint density at radius 2 is 2.15 bits per heavy atom. The highest BCUT2D eigenvalue weighted by Crippen LogP contribution is 2.35. The van der Waals surface area contributed by atoms with Crippen molar-refractivity contribution >= 4 is 39.8 Å². The standard InChI is InChI=1S/C22H22F2N4O5/c1-11-3-2-4-15(17(11)33-22(23)24)28-7-8-32-18(21(28)31)16(29)20(30)27-13-5-6-14-12(9-13)10-26-19(14)25/h2-6,9-10,16,18,22,26,29H,7-8,25H2,1H3,(H,27,30)/t16-,18-/m1/s1. The first-order valence-electron chi connectivity index (χ1n) is 10.1. The quantitative estimate of drug-likeness (QED) is 0.447. The molecule has 2 aromatic carbocycles. The van der Waals surface area contributed by atoms with Gasteiger partial charge in [0.15, 0.2) is 18.0 Å². The fourth-order valence-corrected chi connectivity index (χ4v) is 3.76. The summed E-state index contributed by atoms with van der Waals surface area (Å²) in [7, 11) is 0. The van der Waals surface area contributed by atoms with Gasteiger partial charge in [-0.05, 0) is 36.8 Å². The van der Waals surface area contributed by atoms with Gasteiger partial charge in [-0.3, -0.25) is 9.59 Å². The van der Waals surface area contributed by atoms with Gasteiger partial charge in [0.05, 0.1) is 12.3 Å². The van der Waals surface area contributed by atoms with Crippen molar-refractivity contribution in [3.8, 4) is 5.75 Å². The molecule has 0 radical (unpaired) electrons. The number of para-hydroxylation sites is 1. The van der Waals surface area contributed by atoms with E-state index in [1.807, 2.05) is 0 Å². The number of alkyl halides is 2. The normalized spacial score (nSPS) is 17.4. The van der Waals surface area contributed by atoms with E-state index in [1.165, 1.54) is 11.0 Å². The van der Waals surface area contributed by atoms with E-state index in [2.05, 4.69) is 15.0 Å². The van der Waals surface area contributed by atoms with Crippen molar-refractivity contribution in [2.24, 2.45) is 0 Å². The molecule has 0 saturated carbocycles. The second-order valence-electron chi connectivity index (χ2n) is 7.52. The number of halogens is 2. The van der Waals surface area contributed by atoms with Gasteiger partial charge in [-0.2, -0.15) is 8.78 Å². The number of aliphatic hydroxyl groups is 1. The van der Waals surface area contributed by atoms with Gasteiger partial charge in [0.1, 0.15) is 5.82 Å². The number of nitrogens with two attached hydrogens (primary N) is 1. The van der Waals surface area contributed by atoms with Crippen molar-refractivity contribution in [2.75, 3.05) is 29.1 Å². The van der Waals surface area contributed by atoms with Crippen LogP contribution in [0.1, 0.15) is 5.56 Å². The maximum absolute atomic E-state index is 13.1. The Kier molecular flexibility index (Phi) is 6.16. The number of hydrogen-bond donors (Lipinski definition) is 4. The van der Waals surface area contributed by atoms with Crippen LogP contribution in [-0.2, 0) is 14.3 Å².